The Kier molecular flexibility index (Phi) is 4.39. The van der Waals surface area contributed by atoms with Crippen LogP contribution in [0, 0.1) is 11.3 Å². The number of fused-ring (bicyclic) bond motifs is 1. The number of pyridine rings is 1. The highest BCUT2D eigenvalue weighted by molar-refractivity contribution is 6.35. The van der Waals surface area contributed by atoms with E-state index in [0.717, 1.165) is 5.39 Å². The molecule has 5 nitrogen and oxygen atoms in total. The maximum absolute atomic E-state index is 13.8. The van der Waals surface area contributed by atoms with Crippen LogP contribution in [0.2, 0.25) is 5.02 Å². The molecule has 3 rings (SSSR count). The zero-order chi connectivity index (χ0) is 17.3. The molecule has 0 spiro atoms. The van der Waals surface area contributed by atoms with Crippen LogP contribution in [0.4, 0.5) is 4.39 Å². The molecule has 124 valence electrons. The summed E-state index contributed by atoms with van der Waals surface area (Å²) < 4.78 is 13.8. The molecule has 1 aromatic heterocycles. The lowest BCUT2D eigenvalue weighted by Crippen LogP contribution is -2.43. The Balaban J connectivity index is 1.84. The molecule has 0 aliphatic heterocycles. The van der Waals surface area contributed by atoms with Gasteiger partial charge in [0.15, 0.2) is 0 Å². The maximum atomic E-state index is 13.8. The molecule has 24 heavy (non-hydrogen) atoms. The maximum Gasteiger partial charge on any atom is 0.238 e. The van der Waals surface area contributed by atoms with Gasteiger partial charge in [-0.3, -0.25) is 9.78 Å². The van der Waals surface area contributed by atoms with Crippen molar-refractivity contribution in [2.24, 2.45) is 5.73 Å². The monoisotopic (exact) mass is 346 g/mol. The highest BCUT2D eigenvalue weighted by atomic mass is 35.5. The molecule has 1 saturated carbocycles. The van der Waals surface area contributed by atoms with E-state index in [1.165, 1.54) is 6.20 Å². The van der Waals surface area contributed by atoms with Crippen molar-refractivity contribution in [3.63, 3.8) is 0 Å². The van der Waals surface area contributed by atoms with Crippen LogP contribution in [0.1, 0.15) is 30.9 Å². The lowest BCUT2D eigenvalue weighted by atomic mass is 10.0. The zero-order valence-corrected chi connectivity index (χ0v) is 13.6. The van der Waals surface area contributed by atoms with E-state index < -0.39 is 23.7 Å². The van der Waals surface area contributed by atoms with Crippen molar-refractivity contribution in [2.75, 3.05) is 0 Å². The van der Waals surface area contributed by atoms with Gasteiger partial charge in [0.25, 0.3) is 0 Å². The normalized spacial score (nSPS) is 17.8. The van der Waals surface area contributed by atoms with E-state index in [4.69, 9.17) is 17.3 Å². The lowest BCUT2D eigenvalue weighted by molar-refractivity contribution is -0.123. The molecule has 1 aliphatic rings. The number of alkyl halides is 1. The highest BCUT2D eigenvalue weighted by Crippen LogP contribution is 2.43. The molecule has 1 aromatic carbocycles. The third-order valence-corrected chi connectivity index (χ3v) is 4.52. The summed E-state index contributed by atoms with van der Waals surface area (Å²) in [4.78, 5) is 16.3. The fraction of sp³-hybridized carbons (Fsp3) is 0.353. The summed E-state index contributed by atoms with van der Waals surface area (Å²) in [5, 5.41) is 13.9. The zero-order valence-electron chi connectivity index (χ0n) is 12.8. The molecule has 2 aromatic rings. The van der Waals surface area contributed by atoms with E-state index in [0.29, 0.717) is 28.8 Å². The molecule has 1 fully saturated rings. The molecule has 1 aliphatic carbocycles. The van der Waals surface area contributed by atoms with Gasteiger partial charge in [0, 0.05) is 40.2 Å². The molecule has 7 heteroatoms. The number of carbonyl (C=O) groups is 1. The molecule has 3 N–H and O–H groups in total. The minimum Gasteiger partial charge on any atom is -0.335 e. The van der Waals surface area contributed by atoms with E-state index >= 15 is 0 Å². The van der Waals surface area contributed by atoms with Gasteiger partial charge in [-0.15, -0.1) is 0 Å². The van der Waals surface area contributed by atoms with Crippen LogP contribution in [-0.4, -0.2) is 22.6 Å². The van der Waals surface area contributed by atoms with Crippen LogP contribution in [0.3, 0.4) is 0 Å². The van der Waals surface area contributed by atoms with Crippen LogP contribution < -0.4 is 11.1 Å². The summed E-state index contributed by atoms with van der Waals surface area (Å²) in [6, 6.07) is 5.37. The number of nitrogens with zero attached hydrogens (tertiary/aromatic N) is 2. The van der Waals surface area contributed by atoms with Crippen LogP contribution in [-0.2, 0) is 4.79 Å². The average Bonchev–Trinajstić information content (AvgIpc) is 3.29. The molecule has 1 unspecified atom stereocenters. The second-order valence-corrected chi connectivity index (χ2v) is 6.51. The van der Waals surface area contributed by atoms with Crippen molar-refractivity contribution in [3.05, 3.63) is 41.2 Å². The molecule has 2 atom stereocenters. The number of halogens is 2. The number of nitrogens with two attached hydrogens (primary N) is 1. The van der Waals surface area contributed by atoms with Gasteiger partial charge < -0.3 is 11.1 Å². The number of rotatable bonds is 5. The van der Waals surface area contributed by atoms with Gasteiger partial charge in [0.1, 0.15) is 11.7 Å². The Morgan fingerprint density at radius 3 is 2.92 bits per heavy atom. The second kappa shape index (κ2) is 6.34. The van der Waals surface area contributed by atoms with Crippen molar-refractivity contribution >= 4 is 28.3 Å². The predicted molar refractivity (Wildman–Crippen MR) is 88.9 cm³/mol. The first-order valence-electron chi connectivity index (χ1n) is 7.60. The van der Waals surface area contributed by atoms with Crippen molar-refractivity contribution in [1.82, 2.24) is 10.3 Å². The summed E-state index contributed by atoms with van der Waals surface area (Å²) in [6.45, 7) is 0. The third-order valence-electron chi connectivity index (χ3n) is 4.20. The molecule has 1 heterocycles. The standard InChI is InChI=1S/C17H16ClFN4O/c18-12-3-1-2-10-8-22-9-11(15(10)12)14(7-20)23-16(24)13(21)6-17(19)4-5-17/h1-3,8-9,13-14H,4-6,21H2,(H,23,24)/t13-,14?/m0/s1. The SMILES string of the molecule is N#CC(NC(=O)[C@@H](N)CC1(F)CC1)c1cncc2cccc(Cl)c12. The van der Waals surface area contributed by atoms with Gasteiger partial charge in [-0.1, -0.05) is 23.7 Å². The topological polar surface area (TPSA) is 91.8 Å². The molecular formula is C17H16ClFN4O. The molecular weight excluding hydrogens is 331 g/mol. The van der Waals surface area contributed by atoms with Crippen LogP contribution in [0.25, 0.3) is 10.8 Å². The van der Waals surface area contributed by atoms with Gasteiger partial charge in [-0.2, -0.15) is 5.26 Å². The van der Waals surface area contributed by atoms with Crippen molar-refractivity contribution in [2.45, 2.75) is 37.0 Å². The summed E-state index contributed by atoms with van der Waals surface area (Å²) in [5.41, 5.74) is 4.92. The van der Waals surface area contributed by atoms with Crippen molar-refractivity contribution in [1.29, 1.82) is 5.26 Å². The number of benzene rings is 1. The molecule has 0 radical (unpaired) electrons. The molecule has 0 saturated heterocycles. The van der Waals surface area contributed by atoms with Gasteiger partial charge in [-0.25, -0.2) is 4.39 Å². The summed E-state index contributed by atoms with van der Waals surface area (Å²) in [7, 11) is 0. The van der Waals surface area contributed by atoms with Crippen LogP contribution in [0.5, 0.6) is 0 Å². The summed E-state index contributed by atoms with van der Waals surface area (Å²) in [6.07, 6.45) is 3.95. The van der Waals surface area contributed by atoms with Crippen molar-refractivity contribution < 1.29 is 9.18 Å². The Morgan fingerprint density at radius 1 is 1.50 bits per heavy atom. The molecule has 0 bridgehead atoms. The van der Waals surface area contributed by atoms with E-state index in [-0.39, 0.29) is 6.42 Å². The Bertz CT molecular complexity index is 826. The van der Waals surface area contributed by atoms with E-state index in [9.17, 15) is 14.4 Å². The van der Waals surface area contributed by atoms with E-state index in [1.807, 2.05) is 12.1 Å². The first-order valence-corrected chi connectivity index (χ1v) is 7.98. The van der Waals surface area contributed by atoms with E-state index in [1.54, 1.807) is 18.3 Å². The largest absolute Gasteiger partial charge is 0.335 e. The Morgan fingerprint density at radius 2 is 2.25 bits per heavy atom. The fourth-order valence-corrected chi connectivity index (χ4v) is 2.98. The number of aromatic nitrogens is 1. The van der Waals surface area contributed by atoms with Gasteiger partial charge in [0.05, 0.1) is 12.1 Å². The van der Waals surface area contributed by atoms with E-state index in [2.05, 4.69) is 10.3 Å². The molecule has 1 amide bonds. The predicted octanol–water partition coefficient (Wildman–Crippen LogP) is 2.79. The Hall–Kier alpha value is -2.23. The number of carbonyl (C=O) groups excluding carboxylic acids is 1. The van der Waals surface area contributed by atoms with Crippen LogP contribution >= 0.6 is 11.6 Å². The first kappa shape index (κ1) is 16.6. The lowest BCUT2D eigenvalue weighted by Gasteiger charge is -2.18. The first-order chi connectivity index (χ1) is 11.4. The Labute approximate surface area is 143 Å². The van der Waals surface area contributed by atoms with Gasteiger partial charge >= 0.3 is 0 Å². The minimum absolute atomic E-state index is 0.0362. The van der Waals surface area contributed by atoms with Gasteiger partial charge in [-0.05, 0) is 18.9 Å². The third kappa shape index (κ3) is 3.32. The fourth-order valence-electron chi connectivity index (χ4n) is 2.69. The highest BCUT2D eigenvalue weighted by Gasteiger charge is 2.45. The smallest absolute Gasteiger partial charge is 0.238 e. The van der Waals surface area contributed by atoms with Gasteiger partial charge in [0.2, 0.25) is 5.91 Å². The summed E-state index contributed by atoms with van der Waals surface area (Å²) in [5.74, 6) is -0.561. The number of hydrogen-bond acceptors (Lipinski definition) is 4. The summed E-state index contributed by atoms with van der Waals surface area (Å²) >= 11 is 6.23. The number of nitrogens with one attached hydrogen (secondary N) is 1. The average molecular weight is 347 g/mol. The minimum atomic E-state index is -1.33. The van der Waals surface area contributed by atoms with Crippen molar-refractivity contribution in [3.8, 4) is 6.07 Å². The number of hydrogen-bond donors (Lipinski definition) is 2. The number of amides is 1. The second-order valence-electron chi connectivity index (χ2n) is 6.10. The number of nitriles is 1. The van der Waals surface area contributed by atoms with Crippen LogP contribution in [0.15, 0.2) is 30.6 Å². The quantitative estimate of drug-likeness (QED) is 0.870.